The van der Waals surface area contributed by atoms with Gasteiger partial charge in [0, 0.05) is 24.2 Å². The van der Waals surface area contributed by atoms with E-state index in [0.29, 0.717) is 24.9 Å². The predicted molar refractivity (Wildman–Crippen MR) is 132 cm³/mol. The zero-order valence-corrected chi connectivity index (χ0v) is 21.4. The van der Waals surface area contributed by atoms with Gasteiger partial charge in [-0.05, 0) is 88.2 Å². The first-order chi connectivity index (χ1) is 15.9. The van der Waals surface area contributed by atoms with Crippen LogP contribution in [0.5, 0.6) is 0 Å². The monoisotopic (exact) mass is 467 g/mol. The van der Waals surface area contributed by atoms with Crippen molar-refractivity contribution in [2.45, 2.75) is 109 Å². The maximum atomic E-state index is 13.8. The number of hydrogen-bond donors (Lipinski definition) is 2. The Morgan fingerprint density at radius 3 is 2.09 bits per heavy atom. The number of amides is 2. The van der Waals surface area contributed by atoms with Crippen LogP contribution in [0.25, 0.3) is 0 Å². The maximum Gasteiger partial charge on any atom is 0.408 e. The smallest absolute Gasteiger partial charge is 0.408 e. The van der Waals surface area contributed by atoms with Crippen LogP contribution in [0.15, 0.2) is 24.3 Å². The van der Waals surface area contributed by atoms with E-state index < -0.39 is 5.60 Å². The molecule has 4 fully saturated rings. The van der Waals surface area contributed by atoms with E-state index in [1.807, 2.05) is 25.7 Å². The molecule has 34 heavy (non-hydrogen) atoms. The summed E-state index contributed by atoms with van der Waals surface area (Å²) in [7, 11) is 0. The summed E-state index contributed by atoms with van der Waals surface area (Å²) in [4.78, 5) is 28.5. The van der Waals surface area contributed by atoms with Gasteiger partial charge in [0.05, 0.1) is 6.04 Å². The van der Waals surface area contributed by atoms with Crippen molar-refractivity contribution in [3.63, 3.8) is 0 Å². The second-order valence-electron chi connectivity index (χ2n) is 13.0. The largest absolute Gasteiger partial charge is 0.444 e. The Balaban J connectivity index is 1.33. The molecule has 6 heteroatoms. The lowest BCUT2D eigenvalue weighted by Crippen LogP contribution is -2.71. The lowest BCUT2D eigenvalue weighted by atomic mass is 9.49. The Kier molecular flexibility index (Phi) is 5.74. The molecule has 1 aromatic carbocycles. The fourth-order valence-corrected chi connectivity index (χ4v) is 7.63. The first-order valence-electron chi connectivity index (χ1n) is 13.1. The van der Waals surface area contributed by atoms with Crippen molar-refractivity contribution in [2.75, 3.05) is 0 Å². The molecular weight excluding hydrogens is 426 g/mol. The molecule has 5 aliphatic rings. The summed E-state index contributed by atoms with van der Waals surface area (Å²) in [6.45, 7) is 11.4. The lowest BCUT2D eigenvalue weighted by Gasteiger charge is -2.63. The maximum absolute atomic E-state index is 13.8. The van der Waals surface area contributed by atoms with Crippen molar-refractivity contribution in [1.82, 2.24) is 15.5 Å². The van der Waals surface area contributed by atoms with Crippen LogP contribution >= 0.6 is 0 Å². The zero-order chi connectivity index (χ0) is 24.3. The van der Waals surface area contributed by atoms with E-state index in [1.165, 1.54) is 17.5 Å². The van der Waals surface area contributed by atoms with Crippen LogP contribution in [0.2, 0.25) is 0 Å². The molecule has 0 saturated heterocycles. The Labute approximate surface area is 204 Å². The van der Waals surface area contributed by atoms with Gasteiger partial charge < -0.3 is 15.0 Å². The van der Waals surface area contributed by atoms with Gasteiger partial charge in [-0.25, -0.2) is 4.79 Å². The Bertz CT molecular complexity index is 927. The number of hydrogen-bond acceptors (Lipinski definition) is 4. The number of carbonyl (C=O) groups excluding carboxylic acids is 2. The molecule has 2 amide bonds. The zero-order valence-electron chi connectivity index (χ0n) is 21.4. The summed E-state index contributed by atoms with van der Waals surface area (Å²) < 4.78 is 5.63. The molecule has 1 heterocycles. The molecule has 0 spiro atoms. The van der Waals surface area contributed by atoms with Crippen LogP contribution in [-0.2, 0) is 22.6 Å². The molecular formula is C28H41N3O3. The summed E-state index contributed by atoms with van der Waals surface area (Å²) in [5, 5.41) is 7.24. The number of fused-ring (bicyclic) bond motifs is 1. The van der Waals surface area contributed by atoms with Gasteiger partial charge >= 0.3 is 6.09 Å². The standard InChI is InChI=1S/C28H41N3O3/c1-18(2)23(24(32)31-15-21-8-6-7-9-22(21)16-31)29-27-11-19-10-20(12-27)14-28(13-19,17-27)30-25(33)34-26(3,4)5/h6-9,18-20,23,29H,10-17H2,1-5H3,(H,30,33)/t19?,20?,23-,27?,28?/m0/s1. The van der Waals surface area contributed by atoms with E-state index >= 15 is 0 Å². The number of alkyl carbamates (subject to hydrolysis) is 1. The summed E-state index contributed by atoms with van der Waals surface area (Å²) >= 11 is 0. The molecule has 4 aliphatic carbocycles. The lowest BCUT2D eigenvalue weighted by molar-refractivity contribution is -0.138. The highest BCUT2D eigenvalue weighted by molar-refractivity contribution is 5.83. The van der Waals surface area contributed by atoms with Gasteiger partial charge in [-0.1, -0.05) is 38.1 Å². The molecule has 186 valence electrons. The minimum atomic E-state index is -0.509. The number of benzene rings is 1. The van der Waals surface area contributed by atoms with Crippen LogP contribution in [-0.4, -0.2) is 39.6 Å². The normalized spacial score (nSPS) is 32.6. The number of nitrogens with one attached hydrogen (secondary N) is 2. The predicted octanol–water partition coefficient (Wildman–Crippen LogP) is 4.76. The molecule has 0 aromatic heterocycles. The Morgan fingerprint density at radius 1 is 1.00 bits per heavy atom. The summed E-state index contributed by atoms with van der Waals surface area (Å²) in [6.07, 6.45) is 6.04. The van der Waals surface area contributed by atoms with E-state index in [2.05, 4.69) is 48.7 Å². The molecule has 1 aromatic rings. The van der Waals surface area contributed by atoms with Crippen LogP contribution < -0.4 is 10.6 Å². The third-order valence-corrected chi connectivity index (χ3v) is 8.37. The first-order valence-corrected chi connectivity index (χ1v) is 13.1. The quantitative estimate of drug-likeness (QED) is 0.655. The fraction of sp³-hybridized carbons (Fsp3) is 0.714. The molecule has 2 unspecified atom stereocenters. The van der Waals surface area contributed by atoms with Gasteiger partial charge in [-0.3, -0.25) is 10.1 Å². The van der Waals surface area contributed by atoms with Gasteiger partial charge in [-0.2, -0.15) is 0 Å². The van der Waals surface area contributed by atoms with Crippen molar-refractivity contribution in [3.8, 4) is 0 Å². The molecule has 0 radical (unpaired) electrons. The van der Waals surface area contributed by atoms with Crippen LogP contribution in [0.4, 0.5) is 4.79 Å². The van der Waals surface area contributed by atoms with Gasteiger partial charge in [0.25, 0.3) is 0 Å². The number of nitrogens with zero attached hydrogens (tertiary/aromatic N) is 1. The summed E-state index contributed by atoms with van der Waals surface area (Å²) in [5.74, 6) is 1.57. The van der Waals surface area contributed by atoms with Crippen LogP contribution in [0, 0.1) is 17.8 Å². The van der Waals surface area contributed by atoms with E-state index in [-0.39, 0.29) is 35.0 Å². The fourth-order valence-electron chi connectivity index (χ4n) is 7.63. The third-order valence-electron chi connectivity index (χ3n) is 8.37. The van der Waals surface area contributed by atoms with Crippen LogP contribution in [0.1, 0.15) is 84.3 Å². The van der Waals surface area contributed by atoms with Crippen molar-refractivity contribution >= 4 is 12.0 Å². The van der Waals surface area contributed by atoms with Crippen molar-refractivity contribution in [2.24, 2.45) is 17.8 Å². The van der Waals surface area contributed by atoms with Crippen molar-refractivity contribution < 1.29 is 14.3 Å². The van der Waals surface area contributed by atoms with Gasteiger partial charge in [-0.15, -0.1) is 0 Å². The van der Waals surface area contributed by atoms with Gasteiger partial charge in [0.15, 0.2) is 0 Å². The molecule has 6 nitrogen and oxygen atoms in total. The Morgan fingerprint density at radius 2 is 1.56 bits per heavy atom. The molecule has 6 rings (SSSR count). The highest BCUT2D eigenvalue weighted by atomic mass is 16.6. The molecule has 4 saturated carbocycles. The first kappa shape index (κ1) is 23.7. The van der Waals surface area contributed by atoms with E-state index in [0.717, 1.165) is 32.1 Å². The SMILES string of the molecule is CC(C)[C@H](NC12CC3CC(CC(NC(=O)OC(C)(C)C)(C3)C1)C2)C(=O)N1Cc2ccccc2C1. The number of carbonyl (C=O) groups is 2. The number of rotatable bonds is 5. The summed E-state index contributed by atoms with van der Waals surface area (Å²) in [6, 6.07) is 8.15. The van der Waals surface area contributed by atoms with Crippen molar-refractivity contribution in [1.29, 1.82) is 0 Å². The highest BCUT2D eigenvalue weighted by Crippen LogP contribution is 2.57. The second-order valence-corrected chi connectivity index (χ2v) is 13.0. The molecule has 2 N–H and O–H groups in total. The van der Waals surface area contributed by atoms with Crippen LogP contribution in [0.3, 0.4) is 0 Å². The molecule has 4 bridgehead atoms. The van der Waals surface area contributed by atoms with E-state index in [9.17, 15) is 9.59 Å². The van der Waals surface area contributed by atoms with E-state index in [4.69, 9.17) is 4.74 Å². The highest BCUT2D eigenvalue weighted by Gasteiger charge is 2.59. The van der Waals surface area contributed by atoms with Gasteiger partial charge in [0.2, 0.25) is 5.91 Å². The Hall–Kier alpha value is -2.08. The van der Waals surface area contributed by atoms with Gasteiger partial charge in [0.1, 0.15) is 5.60 Å². The number of ether oxygens (including phenoxy) is 1. The van der Waals surface area contributed by atoms with Crippen molar-refractivity contribution in [3.05, 3.63) is 35.4 Å². The minimum absolute atomic E-state index is 0.101. The average molecular weight is 468 g/mol. The third kappa shape index (κ3) is 4.58. The minimum Gasteiger partial charge on any atom is -0.444 e. The second kappa shape index (κ2) is 8.25. The average Bonchev–Trinajstić information content (AvgIpc) is 3.12. The summed E-state index contributed by atoms with van der Waals surface area (Å²) in [5.41, 5.74) is 1.68. The van der Waals surface area contributed by atoms with E-state index in [1.54, 1.807) is 0 Å². The topological polar surface area (TPSA) is 70.7 Å². The molecule has 3 atom stereocenters. The molecule has 1 aliphatic heterocycles.